The number of halogens is 3. The number of esters is 3. The van der Waals surface area contributed by atoms with E-state index in [2.05, 4.69) is 5.32 Å². The number of anilines is 1. The van der Waals surface area contributed by atoms with E-state index in [0.29, 0.717) is 5.56 Å². The molecular weight excluding hydrogens is 543 g/mol. The van der Waals surface area contributed by atoms with E-state index in [1.807, 2.05) is 0 Å². The first-order valence-corrected chi connectivity index (χ1v) is 12.6. The third-order valence-corrected chi connectivity index (χ3v) is 6.00. The Hall–Kier alpha value is -4.67. The fraction of sp³-hybridized carbons (Fsp3) is 0.267. The van der Waals surface area contributed by atoms with Crippen LogP contribution in [0.1, 0.15) is 40.9 Å². The molecule has 1 amide bonds. The number of rotatable bonds is 11. The van der Waals surface area contributed by atoms with Gasteiger partial charge in [-0.1, -0.05) is 54.6 Å². The molecule has 0 fully saturated rings. The highest BCUT2D eigenvalue weighted by Gasteiger charge is 2.52. The number of benzene rings is 3. The molecule has 0 atom stereocenters. The Morgan fingerprint density at radius 1 is 0.732 bits per heavy atom. The third kappa shape index (κ3) is 7.50. The van der Waals surface area contributed by atoms with Gasteiger partial charge in [0.05, 0.1) is 30.8 Å². The molecule has 11 heteroatoms. The highest BCUT2D eigenvalue weighted by atomic mass is 19.4. The first kappa shape index (κ1) is 30.9. The summed E-state index contributed by atoms with van der Waals surface area (Å²) in [6, 6.07) is 18.2. The lowest BCUT2D eigenvalue weighted by molar-refractivity contribution is -0.170. The van der Waals surface area contributed by atoms with Crippen LogP contribution in [0.2, 0.25) is 0 Å². The lowest BCUT2D eigenvalue weighted by atomic mass is 9.81. The molecule has 0 saturated heterocycles. The lowest BCUT2D eigenvalue weighted by Gasteiger charge is -2.29. The molecule has 0 bridgehead atoms. The number of amides is 1. The van der Waals surface area contributed by atoms with Gasteiger partial charge in [0, 0.05) is 5.69 Å². The minimum Gasteiger partial charge on any atom is -0.465 e. The van der Waals surface area contributed by atoms with Crippen molar-refractivity contribution < 1.29 is 46.6 Å². The van der Waals surface area contributed by atoms with Gasteiger partial charge in [0.25, 0.3) is 5.91 Å². The summed E-state index contributed by atoms with van der Waals surface area (Å²) in [7, 11) is 0. The molecule has 3 aromatic rings. The summed E-state index contributed by atoms with van der Waals surface area (Å²) in [6.07, 6.45) is -4.96. The SMILES string of the molecule is CCOC(=O)C(COC(=O)Cc1ccc(NC(=O)c2ccccc2C(F)(F)F)cc1)(C(=O)OCC)c1ccccc1. The van der Waals surface area contributed by atoms with Gasteiger partial charge in [-0.05, 0) is 49.2 Å². The van der Waals surface area contributed by atoms with E-state index in [9.17, 15) is 32.3 Å². The number of nitrogens with one attached hydrogen (secondary N) is 1. The van der Waals surface area contributed by atoms with Gasteiger partial charge in [-0.2, -0.15) is 13.2 Å². The zero-order chi connectivity index (χ0) is 30.0. The van der Waals surface area contributed by atoms with Gasteiger partial charge in [-0.15, -0.1) is 0 Å². The first-order valence-electron chi connectivity index (χ1n) is 12.6. The Balaban J connectivity index is 1.72. The van der Waals surface area contributed by atoms with Crippen molar-refractivity contribution in [1.82, 2.24) is 0 Å². The molecule has 0 aliphatic heterocycles. The average Bonchev–Trinajstić information content (AvgIpc) is 2.95. The molecule has 0 aromatic heterocycles. The van der Waals surface area contributed by atoms with E-state index in [1.165, 1.54) is 48.5 Å². The predicted molar refractivity (Wildman–Crippen MR) is 142 cm³/mol. The Bertz CT molecular complexity index is 1350. The fourth-order valence-corrected chi connectivity index (χ4v) is 3.99. The summed E-state index contributed by atoms with van der Waals surface area (Å²) >= 11 is 0. The summed E-state index contributed by atoms with van der Waals surface area (Å²) in [5.74, 6) is -3.57. The van der Waals surface area contributed by atoms with E-state index >= 15 is 0 Å². The van der Waals surface area contributed by atoms with Crippen LogP contribution in [0.25, 0.3) is 0 Å². The molecule has 0 aliphatic rings. The van der Waals surface area contributed by atoms with Crippen LogP contribution in [0.5, 0.6) is 0 Å². The van der Waals surface area contributed by atoms with Gasteiger partial charge in [0.15, 0.2) is 0 Å². The van der Waals surface area contributed by atoms with Crippen molar-refractivity contribution in [2.24, 2.45) is 0 Å². The lowest BCUT2D eigenvalue weighted by Crippen LogP contribution is -2.50. The van der Waals surface area contributed by atoms with Crippen LogP contribution in [0.3, 0.4) is 0 Å². The van der Waals surface area contributed by atoms with Crippen molar-refractivity contribution >= 4 is 29.5 Å². The maximum atomic E-state index is 13.2. The van der Waals surface area contributed by atoms with Crippen LogP contribution < -0.4 is 5.32 Å². The molecule has 0 saturated carbocycles. The molecule has 216 valence electrons. The van der Waals surface area contributed by atoms with Gasteiger partial charge >= 0.3 is 24.1 Å². The van der Waals surface area contributed by atoms with E-state index in [4.69, 9.17) is 14.2 Å². The number of ether oxygens (including phenoxy) is 3. The van der Waals surface area contributed by atoms with Crippen LogP contribution in [0.15, 0.2) is 78.9 Å². The van der Waals surface area contributed by atoms with Crippen molar-refractivity contribution in [2.45, 2.75) is 31.9 Å². The monoisotopic (exact) mass is 571 g/mol. The summed E-state index contributed by atoms with van der Waals surface area (Å²) in [6.45, 7) is 2.44. The molecule has 41 heavy (non-hydrogen) atoms. The smallest absolute Gasteiger partial charge is 0.417 e. The third-order valence-electron chi connectivity index (χ3n) is 6.00. The highest BCUT2D eigenvalue weighted by Crippen LogP contribution is 2.32. The number of carbonyl (C=O) groups is 4. The quantitative estimate of drug-likeness (QED) is 0.194. The van der Waals surface area contributed by atoms with Crippen molar-refractivity contribution in [3.8, 4) is 0 Å². The average molecular weight is 572 g/mol. The van der Waals surface area contributed by atoms with Gasteiger partial charge in [0.2, 0.25) is 5.41 Å². The number of hydrogen-bond acceptors (Lipinski definition) is 7. The summed E-state index contributed by atoms with van der Waals surface area (Å²) in [4.78, 5) is 51.3. The maximum absolute atomic E-state index is 13.2. The highest BCUT2D eigenvalue weighted by molar-refractivity contribution is 6.07. The molecule has 1 N–H and O–H groups in total. The van der Waals surface area contributed by atoms with Crippen molar-refractivity contribution in [2.75, 3.05) is 25.1 Å². The first-order chi connectivity index (χ1) is 19.5. The second-order valence-corrected chi connectivity index (χ2v) is 8.74. The standard InChI is InChI=1S/C30H28F3NO7/c1-3-39-27(37)29(28(38)40-4-2,21-10-6-5-7-11-21)19-41-25(35)18-20-14-16-22(17-15-20)34-26(36)23-12-8-9-13-24(23)30(31,32)33/h5-17H,3-4,18-19H2,1-2H3,(H,34,36). The largest absolute Gasteiger partial charge is 0.465 e. The topological polar surface area (TPSA) is 108 Å². The van der Waals surface area contributed by atoms with Gasteiger partial charge in [-0.25, -0.2) is 0 Å². The molecule has 0 spiro atoms. The fourth-order valence-electron chi connectivity index (χ4n) is 3.99. The molecular formula is C30H28F3NO7. The maximum Gasteiger partial charge on any atom is 0.417 e. The Morgan fingerprint density at radius 2 is 1.29 bits per heavy atom. The minimum atomic E-state index is -4.70. The Labute approximate surface area is 234 Å². The van der Waals surface area contributed by atoms with Crippen molar-refractivity contribution in [3.63, 3.8) is 0 Å². The second-order valence-electron chi connectivity index (χ2n) is 8.74. The predicted octanol–water partition coefficient (Wildman–Crippen LogP) is 5.11. The van der Waals surface area contributed by atoms with E-state index in [0.717, 1.165) is 12.1 Å². The van der Waals surface area contributed by atoms with Crippen molar-refractivity contribution in [1.29, 1.82) is 0 Å². The molecule has 3 aromatic carbocycles. The Kier molecular flexibility index (Phi) is 10.2. The van der Waals surface area contributed by atoms with Gasteiger partial charge in [0.1, 0.15) is 6.61 Å². The summed E-state index contributed by atoms with van der Waals surface area (Å²) in [5.41, 5.74) is -2.74. The molecule has 0 radical (unpaired) electrons. The van der Waals surface area contributed by atoms with Crippen LogP contribution in [0, 0.1) is 0 Å². The van der Waals surface area contributed by atoms with Crippen LogP contribution in [-0.4, -0.2) is 43.6 Å². The zero-order valence-corrected chi connectivity index (χ0v) is 22.3. The molecule has 0 unspecified atom stereocenters. The van der Waals surface area contributed by atoms with Crippen molar-refractivity contribution in [3.05, 3.63) is 101 Å². The van der Waals surface area contributed by atoms with Crippen LogP contribution in [0.4, 0.5) is 18.9 Å². The second kappa shape index (κ2) is 13.6. The zero-order valence-electron chi connectivity index (χ0n) is 22.3. The number of hydrogen-bond donors (Lipinski definition) is 1. The number of carbonyl (C=O) groups excluding carboxylic acids is 4. The molecule has 8 nitrogen and oxygen atoms in total. The van der Waals surface area contributed by atoms with Gasteiger partial charge < -0.3 is 19.5 Å². The summed E-state index contributed by atoms with van der Waals surface area (Å²) < 4.78 is 55.4. The van der Waals surface area contributed by atoms with E-state index < -0.39 is 53.1 Å². The van der Waals surface area contributed by atoms with E-state index in [1.54, 1.807) is 32.0 Å². The molecule has 3 rings (SSSR count). The van der Waals surface area contributed by atoms with Crippen LogP contribution >= 0.6 is 0 Å². The Morgan fingerprint density at radius 3 is 1.85 bits per heavy atom. The summed E-state index contributed by atoms with van der Waals surface area (Å²) in [5, 5.41) is 2.41. The van der Waals surface area contributed by atoms with Gasteiger partial charge in [-0.3, -0.25) is 19.2 Å². The van der Waals surface area contributed by atoms with Crippen LogP contribution in [-0.2, 0) is 46.6 Å². The number of alkyl halides is 3. The van der Waals surface area contributed by atoms with E-state index in [-0.39, 0.29) is 30.9 Å². The molecule has 0 heterocycles. The molecule has 0 aliphatic carbocycles. The normalized spacial score (nSPS) is 11.3. The minimum absolute atomic E-state index is 0.0224.